The second-order valence-corrected chi connectivity index (χ2v) is 7.31. The lowest BCUT2D eigenvalue weighted by molar-refractivity contribution is 0.290. The van der Waals surface area contributed by atoms with Crippen LogP contribution in [0.5, 0.6) is 0 Å². The summed E-state index contributed by atoms with van der Waals surface area (Å²) >= 11 is 0. The molecule has 1 aliphatic rings. The molecule has 20 heavy (non-hydrogen) atoms. The molecule has 0 amide bonds. The van der Waals surface area contributed by atoms with Crippen LogP contribution in [0.1, 0.15) is 32.6 Å². The summed E-state index contributed by atoms with van der Waals surface area (Å²) in [6.45, 7) is 2.78. The summed E-state index contributed by atoms with van der Waals surface area (Å²) in [7, 11) is -1.82. The second kappa shape index (κ2) is 6.54. The maximum absolute atomic E-state index is 12.3. The van der Waals surface area contributed by atoms with E-state index in [9.17, 15) is 8.42 Å². The number of sulfonamides is 1. The van der Waals surface area contributed by atoms with Crippen LogP contribution >= 0.6 is 0 Å². The van der Waals surface area contributed by atoms with Crippen molar-refractivity contribution in [3.63, 3.8) is 0 Å². The topological polar surface area (TPSA) is 71.1 Å². The fraction of sp³-hybridized carbons (Fsp3) is 0.643. The Bertz CT molecular complexity index is 537. The predicted octanol–water partition coefficient (Wildman–Crippen LogP) is 2.23. The van der Waals surface area contributed by atoms with Gasteiger partial charge in [-0.25, -0.2) is 18.1 Å². The van der Waals surface area contributed by atoms with Crippen LogP contribution in [0.15, 0.2) is 23.2 Å². The summed E-state index contributed by atoms with van der Waals surface area (Å²) in [4.78, 5) is 4.25. The molecule has 1 aromatic rings. The van der Waals surface area contributed by atoms with Gasteiger partial charge < -0.3 is 5.32 Å². The molecule has 0 atom stereocenters. The molecular weight excluding hydrogens is 274 g/mol. The van der Waals surface area contributed by atoms with E-state index in [-0.39, 0.29) is 4.90 Å². The highest BCUT2D eigenvalue weighted by atomic mass is 32.2. The molecule has 2 rings (SSSR count). The molecule has 0 spiro atoms. The van der Waals surface area contributed by atoms with Gasteiger partial charge in [-0.3, -0.25) is 0 Å². The molecule has 0 radical (unpaired) electrons. The first-order valence-corrected chi connectivity index (χ1v) is 8.63. The van der Waals surface area contributed by atoms with E-state index in [0.29, 0.717) is 18.3 Å². The van der Waals surface area contributed by atoms with E-state index >= 15 is 0 Å². The number of nitrogens with zero attached hydrogens (tertiary/aromatic N) is 1. The van der Waals surface area contributed by atoms with Crippen molar-refractivity contribution < 1.29 is 8.42 Å². The van der Waals surface area contributed by atoms with Gasteiger partial charge in [0.25, 0.3) is 0 Å². The molecule has 112 valence electrons. The maximum atomic E-state index is 12.3. The normalized spacial score (nSPS) is 23.5. The van der Waals surface area contributed by atoms with E-state index in [1.165, 1.54) is 12.8 Å². The number of hydrogen-bond donors (Lipinski definition) is 2. The molecule has 0 saturated heterocycles. The van der Waals surface area contributed by atoms with Gasteiger partial charge in [-0.2, -0.15) is 0 Å². The van der Waals surface area contributed by atoms with Crippen LogP contribution in [-0.4, -0.2) is 27.0 Å². The number of anilines is 1. The van der Waals surface area contributed by atoms with Crippen molar-refractivity contribution >= 4 is 15.8 Å². The zero-order valence-corrected chi connectivity index (χ0v) is 12.9. The van der Waals surface area contributed by atoms with Gasteiger partial charge >= 0.3 is 0 Å². The van der Waals surface area contributed by atoms with E-state index in [1.807, 2.05) is 0 Å². The predicted molar refractivity (Wildman–Crippen MR) is 80.1 cm³/mol. The summed E-state index contributed by atoms with van der Waals surface area (Å²) in [5, 5.41) is 2.82. The Morgan fingerprint density at radius 1 is 1.30 bits per heavy atom. The molecule has 1 saturated carbocycles. The third-order valence-electron chi connectivity index (χ3n) is 3.99. The molecule has 0 unspecified atom stereocenters. The average Bonchev–Trinajstić information content (AvgIpc) is 2.46. The van der Waals surface area contributed by atoms with Gasteiger partial charge in [0, 0.05) is 19.8 Å². The Morgan fingerprint density at radius 2 is 2.00 bits per heavy atom. The van der Waals surface area contributed by atoms with Crippen molar-refractivity contribution in [1.82, 2.24) is 9.71 Å². The maximum Gasteiger partial charge on any atom is 0.244 e. The van der Waals surface area contributed by atoms with Crippen LogP contribution in [0, 0.1) is 11.8 Å². The molecule has 1 aliphatic carbocycles. The lowest BCUT2D eigenvalue weighted by Crippen LogP contribution is -2.31. The first kappa shape index (κ1) is 15.3. The smallest absolute Gasteiger partial charge is 0.244 e. The van der Waals surface area contributed by atoms with Gasteiger partial charge in [0.15, 0.2) is 0 Å². The third kappa shape index (κ3) is 3.70. The van der Waals surface area contributed by atoms with Crippen LogP contribution in [0.2, 0.25) is 0 Å². The van der Waals surface area contributed by atoms with Crippen LogP contribution in [0.25, 0.3) is 0 Å². The Labute approximate surface area is 121 Å². The Morgan fingerprint density at radius 3 is 2.65 bits per heavy atom. The van der Waals surface area contributed by atoms with Gasteiger partial charge in [0.1, 0.15) is 10.7 Å². The molecule has 5 nitrogen and oxygen atoms in total. The average molecular weight is 297 g/mol. The number of nitrogens with one attached hydrogen (secondary N) is 2. The first-order chi connectivity index (χ1) is 9.53. The van der Waals surface area contributed by atoms with Crippen molar-refractivity contribution in [2.75, 3.05) is 18.9 Å². The largest absolute Gasteiger partial charge is 0.372 e. The van der Waals surface area contributed by atoms with Crippen molar-refractivity contribution in [1.29, 1.82) is 0 Å². The minimum absolute atomic E-state index is 0.215. The fourth-order valence-electron chi connectivity index (χ4n) is 2.63. The molecule has 2 N–H and O–H groups in total. The standard InChI is InChI=1S/C14H23N3O2S/c1-11-5-7-12(8-6-11)10-17-20(18,19)13-4-3-9-16-14(13)15-2/h3-4,9,11-12,17H,5-8,10H2,1-2H3,(H,15,16). The summed E-state index contributed by atoms with van der Waals surface area (Å²) in [5.74, 6) is 1.62. The number of pyridine rings is 1. The number of hydrogen-bond acceptors (Lipinski definition) is 4. The highest BCUT2D eigenvalue weighted by Gasteiger charge is 2.23. The van der Waals surface area contributed by atoms with Gasteiger partial charge in [0.05, 0.1) is 0 Å². The van der Waals surface area contributed by atoms with Crippen LogP contribution in [0.3, 0.4) is 0 Å². The molecule has 0 aliphatic heterocycles. The molecule has 6 heteroatoms. The quantitative estimate of drug-likeness (QED) is 0.874. The van der Waals surface area contributed by atoms with Crippen molar-refractivity contribution in [3.05, 3.63) is 18.3 Å². The molecule has 0 aromatic carbocycles. The number of aromatic nitrogens is 1. The van der Waals surface area contributed by atoms with Crippen LogP contribution in [0.4, 0.5) is 5.82 Å². The molecule has 1 heterocycles. The minimum atomic E-state index is -3.49. The zero-order chi connectivity index (χ0) is 14.6. The minimum Gasteiger partial charge on any atom is -0.372 e. The molecular formula is C14H23N3O2S. The summed E-state index contributed by atoms with van der Waals surface area (Å²) < 4.78 is 27.4. The van der Waals surface area contributed by atoms with E-state index in [2.05, 4.69) is 21.9 Å². The van der Waals surface area contributed by atoms with Gasteiger partial charge in [-0.05, 0) is 36.8 Å². The molecule has 1 fully saturated rings. The monoisotopic (exact) mass is 297 g/mol. The zero-order valence-electron chi connectivity index (χ0n) is 12.1. The van der Waals surface area contributed by atoms with E-state index in [1.54, 1.807) is 25.4 Å². The first-order valence-electron chi connectivity index (χ1n) is 7.15. The van der Waals surface area contributed by atoms with E-state index < -0.39 is 10.0 Å². The van der Waals surface area contributed by atoms with Crippen molar-refractivity contribution in [2.24, 2.45) is 11.8 Å². The Balaban J connectivity index is 2.00. The summed E-state index contributed by atoms with van der Waals surface area (Å²) in [5.41, 5.74) is 0. The third-order valence-corrected chi connectivity index (χ3v) is 5.45. The van der Waals surface area contributed by atoms with Gasteiger partial charge in [-0.1, -0.05) is 19.8 Å². The van der Waals surface area contributed by atoms with Crippen molar-refractivity contribution in [2.45, 2.75) is 37.5 Å². The lowest BCUT2D eigenvalue weighted by atomic mass is 9.83. The van der Waals surface area contributed by atoms with Gasteiger partial charge in [0.2, 0.25) is 10.0 Å². The van der Waals surface area contributed by atoms with Crippen LogP contribution in [-0.2, 0) is 10.0 Å². The highest BCUT2D eigenvalue weighted by Crippen LogP contribution is 2.28. The highest BCUT2D eigenvalue weighted by molar-refractivity contribution is 7.89. The fourth-order valence-corrected chi connectivity index (χ4v) is 3.91. The summed E-state index contributed by atoms with van der Waals surface area (Å²) in [6, 6.07) is 3.21. The molecule has 0 bridgehead atoms. The van der Waals surface area contributed by atoms with Crippen LogP contribution < -0.4 is 10.0 Å². The summed E-state index contributed by atoms with van der Waals surface area (Å²) in [6.07, 6.45) is 6.18. The van der Waals surface area contributed by atoms with E-state index in [4.69, 9.17) is 0 Å². The van der Waals surface area contributed by atoms with E-state index in [0.717, 1.165) is 18.8 Å². The Kier molecular flexibility index (Phi) is 4.99. The number of rotatable bonds is 5. The van der Waals surface area contributed by atoms with Gasteiger partial charge in [-0.15, -0.1) is 0 Å². The SMILES string of the molecule is CNc1ncccc1S(=O)(=O)NCC1CCC(C)CC1. The second-order valence-electron chi connectivity index (χ2n) is 5.58. The lowest BCUT2D eigenvalue weighted by Gasteiger charge is -2.26. The molecule has 1 aromatic heterocycles. The van der Waals surface area contributed by atoms with Crippen molar-refractivity contribution in [3.8, 4) is 0 Å². The Hall–Kier alpha value is -1.14.